The van der Waals surface area contributed by atoms with Crippen LogP contribution in [0.4, 0.5) is 4.39 Å². The van der Waals surface area contributed by atoms with Crippen LogP contribution in [0.25, 0.3) is 0 Å². The molecule has 23 heavy (non-hydrogen) atoms. The van der Waals surface area contributed by atoms with Crippen molar-refractivity contribution in [3.05, 3.63) is 34.6 Å². The van der Waals surface area contributed by atoms with Crippen LogP contribution in [-0.2, 0) is 6.42 Å². The zero-order valence-corrected chi connectivity index (χ0v) is 16.5. The van der Waals surface area contributed by atoms with E-state index in [0.29, 0.717) is 30.0 Å². The molecule has 1 aromatic carbocycles. The molecule has 130 valence electrons. The molecule has 1 fully saturated rings. The van der Waals surface area contributed by atoms with Gasteiger partial charge in [-0.25, -0.2) is 4.39 Å². The largest absolute Gasteiger partial charge is 0.370 e. The number of nitrogens with one attached hydrogen (secondary N) is 1. The maximum atomic E-state index is 13.0. The molecular weight excluding hydrogens is 430 g/mol. The van der Waals surface area contributed by atoms with Gasteiger partial charge < -0.3 is 11.1 Å². The van der Waals surface area contributed by atoms with Crippen LogP contribution in [0.15, 0.2) is 23.2 Å². The molecule has 1 unspecified atom stereocenters. The zero-order chi connectivity index (χ0) is 15.9. The number of benzene rings is 1. The number of nitrogens with zero attached hydrogens (tertiary/aromatic N) is 2. The number of aliphatic imine (C=N–C) groups is 1. The number of likely N-dealkylation sites (tertiary alicyclic amines) is 1. The molecule has 0 radical (unpaired) electrons. The Morgan fingerprint density at radius 3 is 3.00 bits per heavy atom. The van der Waals surface area contributed by atoms with Crippen LogP contribution in [-0.4, -0.2) is 43.1 Å². The summed E-state index contributed by atoms with van der Waals surface area (Å²) in [6, 6.07) is 4.95. The number of halogens is 3. The fourth-order valence-corrected chi connectivity index (χ4v) is 3.09. The second-order valence-electron chi connectivity index (χ2n) is 5.56. The number of likely N-dealkylation sites (N-methyl/N-ethyl adjacent to an activating group) is 1. The van der Waals surface area contributed by atoms with Crippen molar-refractivity contribution in [3.63, 3.8) is 0 Å². The molecule has 0 amide bonds. The third kappa shape index (κ3) is 6.43. The fourth-order valence-electron chi connectivity index (χ4n) is 2.83. The maximum absolute atomic E-state index is 13.0. The van der Waals surface area contributed by atoms with E-state index in [9.17, 15) is 4.39 Å². The lowest BCUT2D eigenvalue weighted by molar-refractivity contribution is 0.273. The SMILES string of the molecule is CCN1CCCC1CN=C(N)NCCc1ccc(F)cc1Cl.I. The summed E-state index contributed by atoms with van der Waals surface area (Å²) in [4.78, 5) is 6.86. The predicted octanol–water partition coefficient (Wildman–Crippen LogP) is 3.03. The molecule has 1 aromatic rings. The Hall–Kier alpha value is -0.600. The predicted molar refractivity (Wildman–Crippen MR) is 105 cm³/mol. The molecule has 0 aromatic heterocycles. The lowest BCUT2D eigenvalue weighted by atomic mass is 10.1. The summed E-state index contributed by atoms with van der Waals surface area (Å²) in [7, 11) is 0. The number of nitrogens with two attached hydrogens (primary N) is 1. The van der Waals surface area contributed by atoms with E-state index >= 15 is 0 Å². The van der Waals surface area contributed by atoms with Gasteiger partial charge >= 0.3 is 0 Å². The Morgan fingerprint density at radius 2 is 2.30 bits per heavy atom. The second-order valence-corrected chi connectivity index (χ2v) is 5.97. The maximum Gasteiger partial charge on any atom is 0.188 e. The highest BCUT2D eigenvalue weighted by Crippen LogP contribution is 2.17. The van der Waals surface area contributed by atoms with Crippen LogP contribution in [0, 0.1) is 5.82 Å². The highest BCUT2D eigenvalue weighted by Gasteiger charge is 2.22. The van der Waals surface area contributed by atoms with E-state index in [0.717, 1.165) is 25.2 Å². The summed E-state index contributed by atoms with van der Waals surface area (Å²) in [5.74, 6) is 0.140. The van der Waals surface area contributed by atoms with Gasteiger partial charge in [-0.3, -0.25) is 9.89 Å². The minimum Gasteiger partial charge on any atom is -0.370 e. The number of rotatable bonds is 6. The molecule has 2 rings (SSSR count). The van der Waals surface area contributed by atoms with Gasteiger partial charge in [0.15, 0.2) is 5.96 Å². The molecule has 0 saturated carbocycles. The topological polar surface area (TPSA) is 53.6 Å². The molecule has 1 atom stereocenters. The first-order valence-electron chi connectivity index (χ1n) is 7.82. The van der Waals surface area contributed by atoms with E-state index in [4.69, 9.17) is 17.3 Å². The van der Waals surface area contributed by atoms with Gasteiger partial charge in [0.05, 0.1) is 6.54 Å². The average Bonchev–Trinajstić information content (AvgIpc) is 2.95. The smallest absolute Gasteiger partial charge is 0.188 e. The Kier molecular flexibility index (Phi) is 9.16. The quantitative estimate of drug-likeness (QED) is 0.395. The van der Waals surface area contributed by atoms with Gasteiger partial charge in [-0.2, -0.15) is 0 Å². The summed E-state index contributed by atoms with van der Waals surface area (Å²) >= 11 is 5.99. The molecular formula is C16H25ClFIN4. The van der Waals surface area contributed by atoms with Crippen molar-refractivity contribution < 1.29 is 4.39 Å². The molecule has 1 heterocycles. The van der Waals surface area contributed by atoms with Crippen molar-refractivity contribution in [3.8, 4) is 0 Å². The molecule has 3 N–H and O–H groups in total. The molecule has 1 saturated heterocycles. The minimum atomic E-state index is -0.320. The molecule has 1 aliphatic rings. The summed E-state index contributed by atoms with van der Waals surface area (Å²) < 4.78 is 13.0. The minimum absolute atomic E-state index is 0. The van der Waals surface area contributed by atoms with Crippen molar-refractivity contribution in [2.24, 2.45) is 10.7 Å². The van der Waals surface area contributed by atoms with E-state index in [-0.39, 0.29) is 29.8 Å². The van der Waals surface area contributed by atoms with Gasteiger partial charge in [-0.05, 0) is 50.0 Å². The van der Waals surface area contributed by atoms with Crippen molar-refractivity contribution in [1.82, 2.24) is 10.2 Å². The van der Waals surface area contributed by atoms with E-state index in [1.807, 2.05) is 0 Å². The third-order valence-electron chi connectivity index (χ3n) is 4.09. The average molecular weight is 455 g/mol. The van der Waals surface area contributed by atoms with E-state index < -0.39 is 0 Å². The van der Waals surface area contributed by atoms with Crippen LogP contribution < -0.4 is 11.1 Å². The van der Waals surface area contributed by atoms with Gasteiger partial charge in [0.2, 0.25) is 0 Å². The van der Waals surface area contributed by atoms with Crippen molar-refractivity contribution in [2.45, 2.75) is 32.2 Å². The number of hydrogen-bond acceptors (Lipinski definition) is 2. The Morgan fingerprint density at radius 1 is 1.52 bits per heavy atom. The normalized spacial score (nSPS) is 18.7. The summed E-state index contributed by atoms with van der Waals surface area (Å²) in [6.45, 7) is 5.77. The van der Waals surface area contributed by atoms with Gasteiger partial charge in [-0.1, -0.05) is 24.6 Å². The molecule has 1 aliphatic heterocycles. The van der Waals surface area contributed by atoms with Crippen LogP contribution in [0.5, 0.6) is 0 Å². The van der Waals surface area contributed by atoms with E-state index in [2.05, 4.69) is 22.1 Å². The van der Waals surface area contributed by atoms with E-state index in [1.54, 1.807) is 6.07 Å². The van der Waals surface area contributed by atoms with Crippen molar-refractivity contribution in [1.29, 1.82) is 0 Å². The number of guanidine groups is 1. The Balaban J connectivity index is 0.00000264. The standard InChI is InChI=1S/C16H24ClFN4.HI/c1-2-22-9-3-4-14(22)11-21-16(19)20-8-7-12-5-6-13(18)10-15(12)17;/h5-6,10,14H,2-4,7-9,11H2,1H3,(H3,19,20,21);1H. The first kappa shape index (κ1) is 20.4. The lowest BCUT2D eigenvalue weighted by Crippen LogP contribution is -2.36. The van der Waals surface area contributed by atoms with Gasteiger partial charge in [0.25, 0.3) is 0 Å². The van der Waals surface area contributed by atoms with Crippen LogP contribution in [0.2, 0.25) is 5.02 Å². The first-order chi connectivity index (χ1) is 10.6. The molecule has 0 spiro atoms. The summed E-state index contributed by atoms with van der Waals surface area (Å²) in [6.07, 6.45) is 3.11. The molecule has 7 heteroatoms. The van der Waals surface area contributed by atoms with Crippen LogP contribution in [0.3, 0.4) is 0 Å². The number of hydrogen-bond donors (Lipinski definition) is 2. The first-order valence-corrected chi connectivity index (χ1v) is 8.19. The summed E-state index contributed by atoms with van der Waals surface area (Å²) in [5, 5.41) is 3.53. The van der Waals surface area contributed by atoms with Crippen molar-refractivity contribution in [2.75, 3.05) is 26.2 Å². The van der Waals surface area contributed by atoms with E-state index in [1.165, 1.54) is 25.0 Å². The van der Waals surface area contributed by atoms with Gasteiger partial charge in [0.1, 0.15) is 5.82 Å². The van der Waals surface area contributed by atoms with Gasteiger partial charge in [0, 0.05) is 17.6 Å². The summed E-state index contributed by atoms with van der Waals surface area (Å²) in [5.41, 5.74) is 6.79. The molecule has 4 nitrogen and oxygen atoms in total. The second kappa shape index (κ2) is 10.3. The highest BCUT2D eigenvalue weighted by atomic mass is 127. The Bertz CT molecular complexity index is 527. The highest BCUT2D eigenvalue weighted by molar-refractivity contribution is 14.0. The zero-order valence-electron chi connectivity index (χ0n) is 13.4. The van der Waals surface area contributed by atoms with Crippen LogP contribution in [0.1, 0.15) is 25.3 Å². The fraction of sp³-hybridized carbons (Fsp3) is 0.562. The molecule has 0 bridgehead atoms. The third-order valence-corrected chi connectivity index (χ3v) is 4.45. The Labute approximate surface area is 159 Å². The van der Waals surface area contributed by atoms with Crippen LogP contribution >= 0.6 is 35.6 Å². The monoisotopic (exact) mass is 454 g/mol. The molecule has 0 aliphatic carbocycles. The van der Waals surface area contributed by atoms with Gasteiger partial charge in [-0.15, -0.1) is 24.0 Å². The van der Waals surface area contributed by atoms with Crippen molar-refractivity contribution >= 4 is 41.5 Å². The lowest BCUT2D eigenvalue weighted by Gasteiger charge is -2.20.